The molecule has 1 aromatic rings. The van der Waals surface area contributed by atoms with Gasteiger partial charge in [0.25, 0.3) is 5.91 Å². The maximum absolute atomic E-state index is 12.8. The third-order valence-electron chi connectivity index (χ3n) is 5.60. The number of benzene rings is 1. The van der Waals surface area contributed by atoms with Gasteiger partial charge >= 0.3 is 5.97 Å². The van der Waals surface area contributed by atoms with E-state index in [-0.39, 0.29) is 44.3 Å². The van der Waals surface area contributed by atoms with E-state index in [0.717, 1.165) is 0 Å². The van der Waals surface area contributed by atoms with Crippen molar-refractivity contribution < 1.29 is 33.9 Å². The minimum atomic E-state index is -1.40. The summed E-state index contributed by atoms with van der Waals surface area (Å²) in [5, 5.41) is 21.7. The number of hydrogen-bond acceptors (Lipinski definition) is 7. The molecule has 5 amide bonds. The molecule has 15 nitrogen and oxygen atoms in total. The molecular weight excluding hydrogens is 512 g/mol. The Morgan fingerprint density at radius 1 is 0.897 bits per heavy atom. The maximum Gasteiger partial charge on any atom is 0.305 e. The standard InChI is InChI=1S/C24H34N8O7/c25-24(26)28-10-1-3-16-22(38)30-13-19(34)32-17(11-20(35)36)23(39)29-12-14-5-7-15(8-6-14)21(37)27-9-2-4-18(33)31-16/h5-8,16-17H,1-4,9-13H2,(H,27,37)(H,29,39)(H,30,38)(H,31,33)(H,32,34)(H,35,36)(H4,25,26,28)/t16-,17-/m0/s1. The van der Waals surface area contributed by atoms with Gasteiger partial charge in [-0.25, -0.2) is 0 Å². The van der Waals surface area contributed by atoms with E-state index < -0.39 is 54.6 Å². The average molecular weight is 547 g/mol. The fourth-order valence-corrected chi connectivity index (χ4v) is 3.60. The van der Waals surface area contributed by atoms with Crippen LogP contribution in [0.5, 0.6) is 0 Å². The van der Waals surface area contributed by atoms with Crippen LogP contribution < -0.4 is 38.1 Å². The molecule has 39 heavy (non-hydrogen) atoms. The maximum atomic E-state index is 12.8. The summed E-state index contributed by atoms with van der Waals surface area (Å²) in [4.78, 5) is 77.7. The molecule has 2 atom stereocenters. The fourth-order valence-electron chi connectivity index (χ4n) is 3.60. The molecular formula is C24H34N8O7. The second-order valence-corrected chi connectivity index (χ2v) is 8.78. The van der Waals surface area contributed by atoms with Crippen molar-refractivity contribution in [3.63, 3.8) is 0 Å². The van der Waals surface area contributed by atoms with Crippen molar-refractivity contribution in [1.82, 2.24) is 26.6 Å². The molecule has 212 valence electrons. The van der Waals surface area contributed by atoms with Crippen LogP contribution in [-0.2, 0) is 30.5 Å². The Balaban J connectivity index is 2.17. The van der Waals surface area contributed by atoms with Gasteiger partial charge in [-0.2, -0.15) is 0 Å². The highest BCUT2D eigenvalue weighted by Gasteiger charge is 2.25. The van der Waals surface area contributed by atoms with Gasteiger partial charge in [-0.15, -0.1) is 0 Å². The lowest BCUT2D eigenvalue weighted by Crippen LogP contribution is -2.52. The van der Waals surface area contributed by atoms with Crippen molar-refractivity contribution in [3.05, 3.63) is 35.4 Å². The van der Waals surface area contributed by atoms with Crippen molar-refractivity contribution in [2.75, 3.05) is 19.6 Å². The summed E-state index contributed by atoms with van der Waals surface area (Å²) in [5.74, 6) is -4.43. The number of carboxylic acids is 1. The number of nitrogens with zero attached hydrogens (tertiary/aromatic N) is 1. The molecule has 0 aromatic heterocycles. The van der Waals surface area contributed by atoms with E-state index in [9.17, 15) is 33.9 Å². The van der Waals surface area contributed by atoms with Crippen LogP contribution in [0.1, 0.15) is 48.0 Å². The first kappa shape index (κ1) is 30.5. The monoisotopic (exact) mass is 546 g/mol. The number of aliphatic imine (C=N–C) groups is 1. The summed E-state index contributed by atoms with van der Waals surface area (Å²) in [6, 6.07) is 3.96. The Kier molecular flexibility index (Phi) is 12.2. The summed E-state index contributed by atoms with van der Waals surface area (Å²) < 4.78 is 0. The van der Waals surface area contributed by atoms with Gasteiger partial charge in [-0.1, -0.05) is 12.1 Å². The number of amides is 5. The zero-order valence-electron chi connectivity index (χ0n) is 21.3. The van der Waals surface area contributed by atoms with Crippen LogP contribution in [-0.4, -0.2) is 78.3 Å². The number of aliphatic carboxylic acids is 1. The first-order chi connectivity index (χ1) is 18.5. The summed E-state index contributed by atoms with van der Waals surface area (Å²) in [5.41, 5.74) is 11.6. The van der Waals surface area contributed by atoms with E-state index in [1.807, 2.05) is 0 Å². The molecule has 0 saturated carbocycles. The molecule has 2 bridgehead atoms. The van der Waals surface area contributed by atoms with E-state index in [1.165, 1.54) is 0 Å². The average Bonchev–Trinajstić information content (AvgIpc) is 2.89. The quantitative estimate of drug-likeness (QED) is 0.0808. The molecule has 0 fully saturated rings. The highest BCUT2D eigenvalue weighted by atomic mass is 16.4. The lowest BCUT2D eigenvalue weighted by Gasteiger charge is -2.20. The molecule has 10 N–H and O–H groups in total. The molecule has 0 saturated heterocycles. The number of rotatable bonds is 6. The Morgan fingerprint density at radius 3 is 2.21 bits per heavy atom. The molecule has 2 heterocycles. The Bertz CT molecular complexity index is 1090. The van der Waals surface area contributed by atoms with Crippen molar-refractivity contribution in [3.8, 4) is 0 Å². The second kappa shape index (κ2) is 15.5. The number of carboxylic acid groups (broad SMARTS) is 1. The van der Waals surface area contributed by atoms with E-state index in [2.05, 4.69) is 31.6 Å². The third-order valence-corrected chi connectivity index (χ3v) is 5.60. The molecule has 0 unspecified atom stereocenters. The van der Waals surface area contributed by atoms with Gasteiger partial charge < -0.3 is 43.2 Å². The smallest absolute Gasteiger partial charge is 0.305 e. The predicted molar refractivity (Wildman–Crippen MR) is 139 cm³/mol. The molecule has 2 aliphatic heterocycles. The van der Waals surface area contributed by atoms with Crippen molar-refractivity contribution in [2.45, 2.75) is 50.7 Å². The van der Waals surface area contributed by atoms with Crippen LogP contribution in [0.3, 0.4) is 0 Å². The summed E-state index contributed by atoms with van der Waals surface area (Å²) in [6.07, 6.45) is 0.165. The van der Waals surface area contributed by atoms with Crippen molar-refractivity contribution >= 4 is 41.5 Å². The third kappa shape index (κ3) is 11.5. The van der Waals surface area contributed by atoms with E-state index >= 15 is 0 Å². The van der Waals surface area contributed by atoms with Gasteiger partial charge in [0.15, 0.2) is 5.96 Å². The number of guanidine groups is 1. The SMILES string of the molecule is NC(N)=NCCC[C@@H]1NC(=O)CCCNC(=O)c2ccc(cc2)CNC(=O)[C@H](CC(=O)O)NC(=O)CNC1=O. The van der Waals surface area contributed by atoms with Gasteiger partial charge in [-0.05, 0) is 37.0 Å². The van der Waals surface area contributed by atoms with E-state index in [1.54, 1.807) is 24.3 Å². The fraction of sp³-hybridized carbons (Fsp3) is 0.458. The molecule has 0 spiro atoms. The Hall–Kier alpha value is -4.69. The zero-order valence-corrected chi connectivity index (χ0v) is 21.3. The largest absolute Gasteiger partial charge is 0.481 e. The lowest BCUT2D eigenvalue weighted by atomic mass is 10.1. The molecule has 15 heteroatoms. The Morgan fingerprint density at radius 2 is 1.54 bits per heavy atom. The van der Waals surface area contributed by atoms with Gasteiger partial charge in [0, 0.05) is 31.6 Å². The minimum Gasteiger partial charge on any atom is -0.481 e. The van der Waals surface area contributed by atoms with Gasteiger partial charge in [0.05, 0.1) is 13.0 Å². The van der Waals surface area contributed by atoms with Crippen LogP contribution in [0.4, 0.5) is 0 Å². The number of nitrogens with two attached hydrogens (primary N) is 2. The summed E-state index contributed by atoms with van der Waals surface area (Å²) >= 11 is 0. The topological polar surface area (TPSA) is 247 Å². The van der Waals surface area contributed by atoms with Gasteiger partial charge in [-0.3, -0.25) is 33.8 Å². The van der Waals surface area contributed by atoms with Crippen LogP contribution in [0.15, 0.2) is 29.3 Å². The number of carbonyl (C=O) groups is 6. The number of nitrogens with one attached hydrogen (secondary N) is 5. The summed E-state index contributed by atoms with van der Waals surface area (Å²) in [6.45, 7) is -0.104. The van der Waals surface area contributed by atoms with Crippen LogP contribution in [0, 0.1) is 0 Å². The first-order valence-electron chi connectivity index (χ1n) is 12.3. The van der Waals surface area contributed by atoms with Crippen LogP contribution in [0.2, 0.25) is 0 Å². The van der Waals surface area contributed by atoms with Crippen LogP contribution >= 0.6 is 0 Å². The molecule has 0 aliphatic carbocycles. The van der Waals surface area contributed by atoms with E-state index in [4.69, 9.17) is 11.5 Å². The molecule has 0 radical (unpaired) electrons. The number of fused-ring (bicyclic) bond motifs is 18. The minimum absolute atomic E-state index is 0.0266. The molecule has 3 rings (SSSR count). The lowest BCUT2D eigenvalue weighted by molar-refractivity contribution is -0.140. The number of carbonyl (C=O) groups excluding carboxylic acids is 5. The highest BCUT2D eigenvalue weighted by molar-refractivity contribution is 5.95. The van der Waals surface area contributed by atoms with Gasteiger partial charge in [0.2, 0.25) is 23.6 Å². The second-order valence-electron chi connectivity index (χ2n) is 8.78. The molecule has 2 aliphatic rings. The van der Waals surface area contributed by atoms with E-state index in [0.29, 0.717) is 24.0 Å². The van der Waals surface area contributed by atoms with Crippen molar-refractivity contribution in [2.24, 2.45) is 16.5 Å². The van der Waals surface area contributed by atoms with Crippen LogP contribution in [0.25, 0.3) is 0 Å². The predicted octanol–water partition coefficient (Wildman–Crippen LogP) is -2.56. The normalized spacial score (nSPS) is 19.8. The highest BCUT2D eigenvalue weighted by Crippen LogP contribution is 2.06. The molecule has 1 aromatic carbocycles. The number of hydrogen-bond donors (Lipinski definition) is 8. The summed E-state index contributed by atoms with van der Waals surface area (Å²) in [7, 11) is 0. The van der Waals surface area contributed by atoms with Crippen molar-refractivity contribution in [1.29, 1.82) is 0 Å². The van der Waals surface area contributed by atoms with Gasteiger partial charge in [0.1, 0.15) is 12.1 Å². The zero-order chi connectivity index (χ0) is 28.8. The Labute approximate surface area is 224 Å². The first-order valence-corrected chi connectivity index (χ1v) is 12.3.